The van der Waals surface area contributed by atoms with Crippen molar-refractivity contribution in [3.8, 4) is 16.9 Å². The Balaban J connectivity index is 1.90. The van der Waals surface area contributed by atoms with Crippen LogP contribution in [0.5, 0.6) is 0 Å². The number of pyridine rings is 1. The fourth-order valence-corrected chi connectivity index (χ4v) is 4.54. The first-order valence-corrected chi connectivity index (χ1v) is 10.1. The predicted molar refractivity (Wildman–Crippen MR) is 122 cm³/mol. The van der Waals surface area contributed by atoms with E-state index in [2.05, 4.69) is 116 Å². The molecule has 2 heteroatoms. The lowest BCUT2D eigenvalue weighted by Crippen LogP contribution is -2.30. The highest BCUT2D eigenvalue weighted by molar-refractivity contribution is 6.11. The second kappa shape index (κ2) is 6.59. The van der Waals surface area contributed by atoms with E-state index in [0.717, 1.165) is 0 Å². The number of benzene rings is 3. The van der Waals surface area contributed by atoms with Crippen LogP contribution in [0.4, 0.5) is 0 Å². The largest absolute Gasteiger partial charge is 0.309 e. The van der Waals surface area contributed by atoms with Crippen LogP contribution in [0.3, 0.4) is 0 Å². The van der Waals surface area contributed by atoms with Crippen molar-refractivity contribution >= 4 is 21.8 Å². The zero-order valence-electron chi connectivity index (χ0n) is 17.4. The van der Waals surface area contributed by atoms with Gasteiger partial charge < -0.3 is 4.57 Å². The van der Waals surface area contributed by atoms with Gasteiger partial charge in [0, 0.05) is 28.6 Å². The molecule has 0 amide bonds. The van der Waals surface area contributed by atoms with Crippen molar-refractivity contribution in [1.29, 1.82) is 0 Å². The summed E-state index contributed by atoms with van der Waals surface area (Å²) in [6.45, 7) is 6.60. The normalized spacial score (nSPS) is 11.4. The fourth-order valence-electron chi connectivity index (χ4n) is 4.54. The Kier molecular flexibility index (Phi) is 4.02. The Morgan fingerprint density at radius 2 is 1.31 bits per heavy atom. The molecule has 0 aliphatic heterocycles. The molecule has 2 heterocycles. The smallest absolute Gasteiger partial charge is 0.212 e. The van der Waals surface area contributed by atoms with Gasteiger partial charge in [0.15, 0.2) is 6.20 Å². The van der Waals surface area contributed by atoms with Crippen LogP contribution in [0, 0.1) is 20.8 Å². The monoisotopic (exact) mass is 377 g/mol. The molecule has 0 aliphatic carbocycles. The van der Waals surface area contributed by atoms with Gasteiger partial charge in [0.05, 0.1) is 16.6 Å². The van der Waals surface area contributed by atoms with Gasteiger partial charge in [-0.05, 0) is 55.7 Å². The van der Waals surface area contributed by atoms with E-state index >= 15 is 0 Å². The summed E-state index contributed by atoms with van der Waals surface area (Å²) in [4.78, 5) is 0. The van der Waals surface area contributed by atoms with E-state index in [-0.39, 0.29) is 0 Å². The minimum Gasteiger partial charge on any atom is -0.309 e. The highest BCUT2D eigenvalue weighted by Gasteiger charge is 2.18. The van der Waals surface area contributed by atoms with Crippen LogP contribution < -0.4 is 4.57 Å². The van der Waals surface area contributed by atoms with Crippen LogP contribution >= 0.6 is 0 Å². The molecule has 2 nitrogen and oxygen atoms in total. The van der Waals surface area contributed by atoms with Crippen molar-refractivity contribution in [3.63, 3.8) is 0 Å². The Morgan fingerprint density at radius 1 is 0.655 bits per heavy atom. The molecule has 0 saturated carbocycles. The first-order chi connectivity index (χ1) is 14.1. The number of rotatable bonds is 2. The number of aryl methyl sites for hydroxylation is 4. The summed E-state index contributed by atoms with van der Waals surface area (Å²) in [5, 5.41) is 2.63. The molecule has 3 aromatic carbocycles. The fraction of sp³-hybridized carbons (Fsp3) is 0.148. The van der Waals surface area contributed by atoms with Crippen molar-refractivity contribution in [1.82, 2.24) is 4.57 Å². The van der Waals surface area contributed by atoms with Crippen molar-refractivity contribution in [3.05, 3.63) is 95.7 Å². The maximum absolute atomic E-state index is 2.45. The molecule has 0 saturated heterocycles. The minimum atomic E-state index is 1.21. The number of nitrogens with zero attached hydrogens (tertiary/aromatic N) is 2. The summed E-state index contributed by atoms with van der Waals surface area (Å²) in [7, 11) is 2.11. The van der Waals surface area contributed by atoms with E-state index in [1.807, 2.05) is 0 Å². The molecule has 2 aromatic heterocycles. The van der Waals surface area contributed by atoms with E-state index in [0.29, 0.717) is 0 Å². The molecule has 29 heavy (non-hydrogen) atoms. The van der Waals surface area contributed by atoms with Crippen LogP contribution in [0.25, 0.3) is 38.8 Å². The summed E-state index contributed by atoms with van der Waals surface area (Å²) < 4.78 is 4.63. The minimum absolute atomic E-state index is 1.21. The molecule has 5 rings (SSSR count). The lowest BCUT2D eigenvalue weighted by molar-refractivity contribution is -0.660. The molecule has 0 fully saturated rings. The molecular weight excluding hydrogens is 352 g/mol. The summed E-state index contributed by atoms with van der Waals surface area (Å²) in [6.07, 6.45) is 2.11. The molecular formula is C27H25N2+. The van der Waals surface area contributed by atoms with Gasteiger partial charge in [0.1, 0.15) is 7.05 Å². The number of aromatic nitrogens is 2. The highest BCUT2D eigenvalue weighted by atomic mass is 15.0. The maximum Gasteiger partial charge on any atom is 0.212 e. The van der Waals surface area contributed by atoms with Crippen molar-refractivity contribution in [2.75, 3.05) is 0 Å². The third-order valence-electron chi connectivity index (χ3n) is 6.02. The Labute approximate surface area is 171 Å². The third-order valence-corrected chi connectivity index (χ3v) is 6.02. The Hall–Kier alpha value is -3.39. The average molecular weight is 378 g/mol. The number of hydrogen-bond acceptors (Lipinski definition) is 0. The lowest BCUT2D eigenvalue weighted by Gasteiger charge is -2.13. The quantitative estimate of drug-likeness (QED) is 0.324. The number of para-hydroxylation sites is 2. The van der Waals surface area contributed by atoms with Crippen LogP contribution in [0.15, 0.2) is 79.0 Å². The molecule has 0 spiro atoms. The third kappa shape index (κ3) is 2.67. The lowest BCUT2D eigenvalue weighted by atomic mass is 10.0. The summed E-state index contributed by atoms with van der Waals surface area (Å²) >= 11 is 0. The molecule has 142 valence electrons. The van der Waals surface area contributed by atoms with E-state index in [1.54, 1.807) is 0 Å². The van der Waals surface area contributed by atoms with Gasteiger partial charge in [0.2, 0.25) is 5.69 Å². The Morgan fingerprint density at radius 3 is 1.93 bits per heavy atom. The van der Waals surface area contributed by atoms with E-state index < -0.39 is 0 Å². The first-order valence-electron chi connectivity index (χ1n) is 10.1. The first kappa shape index (κ1) is 17.7. The molecule has 0 unspecified atom stereocenters. The molecule has 0 N–H and O–H groups in total. The summed E-state index contributed by atoms with van der Waals surface area (Å²) in [5.41, 5.74) is 10.2. The van der Waals surface area contributed by atoms with Gasteiger partial charge in [-0.1, -0.05) is 42.5 Å². The average Bonchev–Trinajstić information content (AvgIpc) is 3.06. The van der Waals surface area contributed by atoms with Gasteiger partial charge in [-0.2, -0.15) is 0 Å². The van der Waals surface area contributed by atoms with Crippen molar-refractivity contribution in [2.24, 2.45) is 7.05 Å². The standard InChI is InChI=1S/C27H25N2/c1-18-14-15-21(17-24(18)25-13-5-6-16-28(25)4)29-26-19(2)9-7-11-22(26)23-12-8-10-20(3)27(23)29/h5-17H,1-4H3/q+1. The topological polar surface area (TPSA) is 8.81 Å². The highest BCUT2D eigenvalue weighted by Crippen LogP contribution is 2.36. The molecule has 0 aliphatic rings. The summed E-state index contributed by atoms with van der Waals surface area (Å²) in [5.74, 6) is 0. The maximum atomic E-state index is 2.45. The zero-order chi connectivity index (χ0) is 20.1. The number of fused-ring (bicyclic) bond motifs is 3. The second-order valence-corrected chi connectivity index (χ2v) is 7.97. The van der Waals surface area contributed by atoms with Gasteiger partial charge in [-0.25, -0.2) is 4.57 Å². The molecule has 0 radical (unpaired) electrons. The van der Waals surface area contributed by atoms with Crippen LogP contribution in [0.2, 0.25) is 0 Å². The van der Waals surface area contributed by atoms with Crippen molar-refractivity contribution < 1.29 is 4.57 Å². The second-order valence-electron chi connectivity index (χ2n) is 7.97. The predicted octanol–water partition coefficient (Wildman–Crippen LogP) is 6.20. The SMILES string of the molecule is Cc1ccc(-n2c3c(C)cccc3c3cccc(C)c32)cc1-c1cccc[n+]1C. The molecule has 0 atom stereocenters. The van der Waals surface area contributed by atoms with Gasteiger partial charge in [-0.3, -0.25) is 0 Å². The van der Waals surface area contributed by atoms with Crippen LogP contribution in [-0.2, 0) is 7.05 Å². The zero-order valence-corrected chi connectivity index (χ0v) is 17.4. The Bertz CT molecular complexity index is 1330. The van der Waals surface area contributed by atoms with E-state index in [9.17, 15) is 0 Å². The number of hydrogen-bond donors (Lipinski definition) is 0. The van der Waals surface area contributed by atoms with Gasteiger partial charge >= 0.3 is 0 Å². The van der Waals surface area contributed by atoms with E-state index in [4.69, 9.17) is 0 Å². The summed E-state index contributed by atoms with van der Waals surface area (Å²) in [6, 6.07) is 26.4. The molecule has 0 bridgehead atoms. The van der Waals surface area contributed by atoms with E-state index in [1.165, 1.54) is 55.4 Å². The van der Waals surface area contributed by atoms with Crippen LogP contribution in [-0.4, -0.2) is 4.57 Å². The van der Waals surface area contributed by atoms with Gasteiger partial charge in [-0.15, -0.1) is 0 Å². The van der Waals surface area contributed by atoms with Crippen molar-refractivity contribution in [2.45, 2.75) is 20.8 Å². The molecule has 5 aromatic rings. The van der Waals surface area contributed by atoms with Gasteiger partial charge in [0.25, 0.3) is 0 Å². The van der Waals surface area contributed by atoms with Crippen LogP contribution in [0.1, 0.15) is 16.7 Å².